The van der Waals surface area contributed by atoms with Crippen LogP contribution in [0, 0.1) is 0 Å². The smallest absolute Gasteiger partial charge is 0.193 e. The van der Waals surface area contributed by atoms with Gasteiger partial charge < -0.3 is 24.4 Å². The van der Waals surface area contributed by atoms with E-state index in [-0.39, 0.29) is 29.4 Å². The van der Waals surface area contributed by atoms with Gasteiger partial charge in [0.2, 0.25) is 0 Å². The molecule has 7 heteroatoms. The molecule has 1 fully saturated rings. The van der Waals surface area contributed by atoms with Gasteiger partial charge in [-0.15, -0.1) is 24.0 Å². The maximum atomic E-state index is 5.66. The highest BCUT2D eigenvalue weighted by Gasteiger charge is 2.34. The highest BCUT2D eigenvalue weighted by molar-refractivity contribution is 14.0. The summed E-state index contributed by atoms with van der Waals surface area (Å²) in [5, 5.41) is 3.63. The number of hydrogen-bond donors (Lipinski definition) is 1. The summed E-state index contributed by atoms with van der Waals surface area (Å²) in [5.41, 5.74) is 2.64. The molecule has 0 aromatic heterocycles. The second kappa shape index (κ2) is 12.9. The predicted molar refractivity (Wildman–Crippen MR) is 141 cm³/mol. The average molecular weight is 553 g/mol. The van der Waals surface area contributed by atoms with Crippen molar-refractivity contribution in [2.75, 3.05) is 54.6 Å². The van der Waals surface area contributed by atoms with Crippen molar-refractivity contribution >= 4 is 29.9 Å². The van der Waals surface area contributed by atoms with Crippen LogP contribution in [0.15, 0.2) is 53.5 Å². The molecular formula is C25H36IN3O3. The van der Waals surface area contributed by atoms with Crippen LogP contribution in [0.2, 0.25) is 0 Å². The Kier molecular flexibility index (Phi) is 10.6. The Morgan fingerprint density at radius 2 is 1.75 bits per heavy atom. The van der Waals surface area contributed by atoms with Gasteiger partial charge in [-0.05, 0) is 42.5 Å². The summed E-state index contributed by atoms with van der Waals surface area (Å²) in [6.07, 6.45) is 2.90. The van der Waals surface area contributed by atoms with Gasteiger partial charge in [0.05, 0.1) is 14.2 Å². The predicted octanol–water partition coefficient (Wildman–Crippen LogP) is 4.12. The Balaban J connectivity index is 0.00000363. The summed E-state index contributed by atoms with van der Waals surface area (Å²) in [5.74, 6) is 2.41. The van der Waals surface area contributed by atoms with E-state index in [1.807, 2.05) is 19.2 Å². The number of halogens is 1. The summed E-state index contributed by atoms with van der Waals surface area (Å²) in [6, 6.07) is 16.9. The molecule has 0 aliphatic carbocycles. The van der Waals surface area contributed by atoms with Gasteiger partial charge in [-0.3, -0.25) is 4.99 Å². The molecule has 0 bridgehead atoms. The van der Waals surface area contributed by atoms with Crippen molar-refractivity contribution in [3.05, 3.63) is 59.7 Å². The van der Waals surface area contributed by atoms with E-state index in [0.717, 1.165) is 63.0 Å². The number of rotatable bonds is 8. The minimum atomic E-state index is 0. The van der Waals surface area contributed by atoms with E-state index < -0.39 is 0 Å². The highest BCUT2D eigenvalue weighted by Crippen LogP contribution is 2.34. The highest BCUT2D eigenvalue weighted by atomic mass is 127. The second-order valence-electron chi connectivity index (χ2n) is 8.02. The van der Waals surface area contributed by atoms with E-state index in [0.29, 0.717) is 0 Å². The summed E-state index contributed by atoms with van der Waals surface area (Å²) < 4.78 is 16.4. The molecular weight excluding hydrogens is 517 g/mol. The molecule has 1 saturated heterocycles. The van der Waals surface area contributed by atoms with Crippen molar-refractivity contribution in [1.82, 2.24) is 10.2 Å². The van der Waals surface area contributed by atoms with Crippen LogP contribution in [-0.2, 0) is 16.6 Å². The second-order valence-corrected chi connectivity index (χ2v) is 8.02. The number of ether oxygens (including phenoxy) is 3. The zero-order valence-electron chi connectivity index (χ0n) is 19.6. The van der Waals surface area contributed by atoms with Crippen molar-refractivity contribution in [1.29, 1.82) is 0 Å². The van der Waals surface area contributed by atoms with E-state index in [1.165, 1.54) is 11.1 Å². The summed E-state index contributed by atoms with van der Waals surface area (Å²) >= 11 is 0. The number of aliphatic imine (C=N–C) groups is 1. The average Bonchev–Trinajstić information content (AvgIpc) is 2.84. The van der Waals surface area contributed by atoms with E-state index in [4.69, 9.17) is 14.2 Å². The summed E-state index contributed by atoms with van der Waals surface area (Å²) in [6.45, 7) is 3.28. The number of benzene rings is 2. The molecule has 1 aliphatic rings. The van der Waals surface area contributed by atoms with Gasteiger partial charge in [0.1, 0.15) is 0 Å². The molecule has 0 atom stereocenters. The van der Waals surface area contributed by atoms with Gasteiger partial charge in [0, 0.05) is 45.8 Å². The Morgan fingerprint density at radius 3 is 2.38 bits per heavy atom. The third kappa shape index (κ3) is 6.51. The van der Waals surface area contributed by atoms with Crippen LogP contribution in [0.3, 0.4) is 0 Å². The molecule has 3 rings (SSSR count). The maximum absolute atomic E-state index is 5.66. The van der Waals surface area contributed by atoms with Crippen LogP contribution in [0.4, 0.5) is 0 Å². The molecule has 1 aliphatic heterocycles. The molecule has 0 radical (unpaired) electrons. The number of hydrogen-bond acceptors (Lipinski definition) is 4. The van der Waals surface area contributed by atoms with Crippen molar-refractivity contribution in [3.8, 4) is 11.5 Å². The van der Waals surface area contributed by atoms with Crippen molar-refractivity contribution < 1.29 is 14.2 Å². The van der Waals surface area contributed by atoms with E-state index in [9.17, 15) is 0 Å². The Morgan fingerprint density at radius 1 is 1.06 bits per heavy atom. The lowest BCUT2D eigenvalue weighted by atomic mass is 9.74. The monoisotopic (exact) mass is 553 g/mol. The van der Waals surface area contributed by atoms with E-state index in [2.05, 4.69) is 58.7 Å². The Bertz CT molecular complexity index is 855. The molecule has 0 saturated carbocycles. The van der Waals surface area contributed by atoms with Crippen molar-refractivity contribution in [3.63, 3.8) is 0 Å². The first-order valence-electron chi connectivity index (χ1n) is 10.9. The molecule has 176 valence electrons. The normalized spacial score (nSPS) is 15.4. The fourth-order valence-corrected chi connectivity index (χ4v) is 4.19. The first-order valence-corrected chi connectivity index (χ1v) is 10.9. The first kappa shape index (κ1) is 26.3. The molecule has 1 N–H and O–H groups in total. The van der Waals surface area contributed by atoms with Crippen LogP contribution in [0.5, 0.6) is 11.5 Å². The van der Waals surface area contributed by atoms with Crippen LogP contribution < -0.4 is 14.8 Å². The maximum Gasteiger partial charge on any atom is 0.193 e. The topological polar surface area (TPSA) is 55.3 Å². The number of likely N-dealkylation sites (N-methyl/N-ethyl adjacent to an activating group) is 1. The SMILES string of the molecule is CN=C(NCC1(c2ccccc2)CCOCC1)N(C)CCc1ccc(OC)c(OC)c1.I. The van der Waals surface area contributed by atoms with Gasteiger partial charge in [-0.1, -0.05) is 36.4 Å². The first-order chi connectivity index (χ1) is 15.1. The number of nitrogens with one attached hydrogen (secondary N) is 1. The lowest BCUT2D eigenvalue weighted by molar-refractivity contribution is 0.0512. The fourth-order valence-electron chi connectivity index (χ4n) is 4.19. The molecule has 6 nitrogen and oxygen atoms in total. The number of nitrogens with zero attached hydrogens (tertiary/aromatic N) is 2. The largest absolute Gasteiger partial charge is 0.493 e. The molecule has 1 heterocycles. The van der Waals surface area contributed by atoms with Crippen LogP contribution in [0.25, 0.3) is 0 Å². The van der Waals surface area contributed by atoms with Gasteiger partial charge >= 0.3 is 0 Å². The van der Waals surface area contributed by atoms with Crippen LogP contribution in [0.1, 0.15) is 24.0 Å². The van der Waals surface area contributed by atoms with Gasteiger partial charge in [-0.25, -0.2) is 0 Å². The lowest BCUT2D eigenvalue weighted by Crippen LogP contribution is -2.48. The number of methoxy groups -OCH3 is 2. The quantitative estimate of drug-likeness (QED) is 0.303. The summed E-state index contributed by atoms with van der Waals surface area (Å²) in [7, 11) is 7.24. The molecule has 2 aromatic rings. The van der Waals surface area contributed by atoms with Gasteiger partial charge in [-0.2, -0.15) is 0 Å². The standard InChI is InChI=1S/C25H35N3O3.HI/c1-26-24(28(2)15-12-20-10-11-22(29-3)23(18-20)30-4)27-19-25(13-16-31-17-14-25)21-8-6-5-7-9-21;/h5-11,18H,12-17,19H2,1-4H3,(H,26,27);1H. The molecule has 0 spiro atoms. The molecule has 0 unspecified atom stereocenters. The molecule has 0 amide bonds. The zero-order valence-corrected chi connectivity index (χ0v) is 21.9. The number of guanidine groups is 1. The third-order valence-electron chi connectivity index (χ3n) is 6.18. The zero-order chi connectivity index (χ0) is 22.1. The van der Waals surface area contributed by atoms with E-state index >= 15 is 0 Å². The lowest BCUT2D eigenvalue weighted by Gasteiger charge is -2.39. The molecule has 2 aromatic carbocycles. The van der Waals surface area contributed by atoms with Gasteiger partial charge in [0.25, 0.3) is 0 Å². The Hall–Kier alpha value is -2.00. The van der Waals surface area contributed by atoms with Crippen molar-refractivity contribution in [2.24, 2.45) is 4.99 Å². The Labute approximate surface area is 209 Å². The minimum absolute atomic E-state index is 0. The van der Waals surface area contributed by atoms with Crippen LogP contribution >= 0.6 is 24.0 Å². The van der Waals surface area contributed by atoms with Gasteiger partial charge in [0.15, 0.2) is 17.5 Å². The summed E-state index contributed by atoms with van der Waals surface area (Å²) in [4.78, 5) is 6.70. The minimum Gasteiger partial charge on any atom is -0.493 e. The molecule has 32 heavy (non-hydrogen) atoms. The fraction of sp³-hybridized carbons (Fsp3) is 0.480. The third-order valence-corrected chi connectivity index (χ3v) is 6.18. The van der Waals surface area contributed by atoms with E-state index in [1.54, 1.807) is 14.2 Å². The van der Waals surface area contributed by atoms with Crippen molar-refractivity contribution in [2.45, 2.75) is 24.7 Å². The van der Waals surface area contributed by atoms with Crippen LogP contribution in [-0.4, -0.2) is 65.5 Å².